The van der Waals surface area contributed by atoms with E-state index < -0.39 is 5.97 Å². The Bertz CT molecular complexity index is 500. The smallest absolute Gasteiger partial charge is 0.348 e. The average molecular weight is 265 g/mol. The lowest BCUT2D eigenvalue weighted by molar-refractivity contribution is 0.0701. The summed E-state index contributed by atoms with van der Waals surface area (Å²) in [4.78, 5) is 15.6. The highest BCUT2D eigenvalue weighted by molar-refractivity contribution is 7.15. The van der Waals surface area contributed by atoms with Crippen molar-refractivity contribution in [3.63, 3.8) is 0 Å². The second kappa shape index (κ2) is 6.76. The van der Waals surface area contributed by atoms with E-state index in [0.717, 1.165) is 16.9 Å². The molecule has 0 saturated carbocycles. The van der Waals surface area contributed by atoms with Crippen LogP contribution in [0.1, 0.15) is 29.2 Å². The van der Waals surface area contributed by atoms with Gasteiger partial charge in [-0.3, -0.25) is 0 Å². The summed E-state index contributed by atoms with van der Waals surface area (Å²) in [6.07, 6.45) is 6.93. The molecule has 1 aromatic heterocycles. The number of hydrogen-bond acceptors (Lipinski definition) is 4. The highest BCUT2D eigenvalue weighted by atomic mass is 32.1. The van der Waals surface area contributed by atoms with Gasteiger partial charge >= 0.3 is 5.97 Å². The first-order valence-corrected chi connectivity index (χ1v) is 6.28. The highest BCUT2D eigenvalue weighted by Crippen LogP contribution is 2.30. The molecule has 0 bridgehead atoms. The van der Waals surface area contributed by atoms with Gasteiger partial charge in [0, 0.05) is 0 Å². The van der Waals surface area contributed by atoms with Gasteiger partial charge in [0.1, 0.15) is 4.88 Å². The molecule has 0 fully saturated rings. The Morgan fingerprint density at radius 3 is 2.83 bits per heavy atom. The lowest BCUT2D eigenvalue weighted by Crippen LogP contribution is -1.97. The SMILES string of the molecule is C=C/C=C\C(=C/C)c1nc(OCC)sc1C(=O)O. The molecule has 0 aliphatic heterocycles. The number of hydrogen-bond donors (Lipinski definition) is 1. The Kier molecular flexibility index (Phi) is 5.32. The normalized spacial score (nSPS) is 11.8. The highest BCUT2D eigenvalue weighted by Gasteiger charge is 2.19. The van der Waals surface area contributed by atoms with E-state index in [2.05, 4.69) is 11.6 Å². The van der Waals surface area contributed by atoms with Crippen LogP contribution >= 0.6 is 11.3 Å². The van der Waals surface area contributed by atoms with Crippen LogP contribution < -0.4 is 4.74 Å². The van der Waals surface area contributed by atoms with Crippen LogP contribution in [0.4, 0.5) is 0 Å². The molecule has 0 amide bonds. The number of carboxylic acids is 1. The van der Waals surface area contributed by atoms with Crippen LogP contribution in [0.2, 0.25) is 0 Å². The van der Waals surface area contributed by atoms with E-state index in [1.54, 1.807) is 24.3 Å². The first-order chi connectivity index (χ1) is 8.63. The summed E-state index contributed by atoms with van der Waals surface area (Å²) in [7, 11) is 0. The molecule has 1 rings (SSSR count). The molecule has 1 heterocycles. The molecule has 96 valence electrons. The molecular formula is C13H15NO3S. The number of aromatic carboxylic acids is 1. The Labute approximate surface area is 110 Å². The predicted molar refractivity (Wildman–Crippen MR) is 73.2 cm³/mol. The van der Waals surface area contributed by atoms with E-state index in [0.29, 0.717) is 17.5 Å². The van der Waals surface area contributed by atoms with Crippen LogP contribution in [0.15, 0.2) is 30.9 Å². The molecule has 5 heteroatoms. The largest absolute Gasteiger partial charge is 0.477 e. The molecule has 0 saturated heterocycles. The summed E-state index contributed by atoms with van der Waals surface area (Å²) in [5.74, 6) is -1.00. The zero-order valence-electron chi connectivity index (χ0n) is 10.3. The Balaban J connectivity index is 3.23. The van der Waals surface area contributed by atoms with Crippen LogP contribution in [0.3, 0.4) is 0 Å². The monoisotopic (exact) mass is 265 g/mol. The number of nitrogens with zero attached hydrogens (tertiary/aromatic N) is 1. The minimum Gasteiger partial charge on any atom is -0.477 e. The van der Waals surface area contributed by atoms with Crippen molar-refractivity contribution in [1.29, 1.82) is 0 Å². The Morgan fingerprint density at radius 2 is 2.33 bits per heavy atom. The summed E-state index contributed by atoms with van der Waals surface area (Å²) in [6, 6.07) is 0. The first kappa shape index (κ1) is 14.2. The molecule has 0 unspecified atom stereocenters. The quantitative estimate of drug-likeness (QED) is 0.801. The third-order valence-electron chi connectivity index (χ3n) is 2.07. The number of thiazole rings is 1. The Hall–Kier alpha value is -1.88. The van der Waals surface area contributed by atoms with Gasteiger partial charge in [-0.15, -0.1) is 0 Å². The number of carboxylic acid groups (broad SMARTS) is 1. The van der Waals surface area contributed by atoms with Crippen LogP contribution in [-0.2, 0) is 0 Å². The maximum atomic E-state index is 11.2. The molecule has 18 heavy (non-hydrogen) atoms. The molecule has 0 aliphatic carbocycles. The second-order valence-corrected chi connectivity index (χ2v) is 4.20. The van der Waals surface area contributed by atoms with Crippen molar-refractivity contribution >= 4 is 22.9 Å². The standard InChI is InChI=1S/C13H15NO3S/c1-4-7-8-9(5-2)10-11(12(15)16)18-13(14-10)17-6-3/h4-5,7-8H,1,6H2,2-3H3,(H,15,16)/b8-7-,9-5+. The second-order valence-electron chi connectivity index (χ2n) is 3.23. The third-order valence-corrected chi connectivity index (χ3v) is 3.02. The van der Waals surface area contributed by atoms with E-state index >= 15 is 0 Å². The molecule has 1 aromatic rings. The van der Waals surface area contributed by atoms with Crippen molar-refractivity contribution in [2.45, 2.75) is 13.8 Å². The molecule has 1 N–H and O–H groups in total. The van der Waals surface area contributed by atoms with Crippen molar-refractivity contribution in [2.75, 3.05) is 6.61 Å². The average Bonchev–Trinajstić information content (AvgIpc) is 2.75. The first-order valence-electron chi connectivity index (χ1n) is 5.46. The van der Waals surface area contributed by atoms with E-state index in [-0.39, 0.29) is 4.88 Å². The maximum absolute atomic E-state index is 11.2. The lowest BCUT2D eigenvalue weighted by atomic mass is 10.1. The van der Waals surface area contributed by atoms with Crippen molar-refractivity contribution in [1.82, 2.24) is 4.98 Å². The van der Waals surface area contributed by atoms with Gasteiger partial charge in [0.25, 0.3) is 5.19 Å². The van der Waals surface area contributed by atoms with E-state index in [1.807, 2.05) is 13.8 Å². The third kappa shape index (κ3) is 3.30. The number of carbonyl (C=O) groups is 1. The van der Waals surface area contributed by atoms with Crippen LogP contribution in [0.5, 0.6) is 5.19 Å². The summed E-state index contributed by atoms with van der Waals surface area (Å²) < 4.78 is 5.25. The van der Waals surface area contributed by atoms with Crippen molar-refractivity contribution in [2.24, 2.45) is 0 Å². The molecule has 0 aromatic carbocycles. The molecular weight excluding hydrogens is 250 g/mol. The van der Waals surface area contributed by atoms with Gasteiger partial charge in [0.2, 0.25) is 0 Å². The van der Waals surface area contributed by atoms with E-state index in [9.17, 15) is 4.79 Å². The summed E-state index contributed by atoms with van der Waals surface area (Å²) in [6.45, 7) is 7.69. The fourth-order valence-corrected chi connectivity index (χ4v) is 2.15. The van der Waals surface area contributed by atoms with Crippen molar-refractivity contribution in [3.8, 4) is 5.19 Å². The summed E-state index contributed by atoms with van der Waals surface area (Å²) >= 11 is 1.04. The van der Waals surface area contributed by atoms with Gasteiger partial charge in [-0.1, -0.05) is 42.2 Å². The van der Waals surface area contributed by atoms with Crippen molar-refractivity contribution < 1.29 is 14.6 Å². The zero-order chi connectivity index (χ0) is 13.5. The molecule has 0 atom stereocenters. The predicted octanol–water partition coefficient (Wildman–Crippen LogP) is 3.39. The summed E-state index contributed by atoms with van der Waals surface area (Å²) in [5, 5.41) is 9.53. The Morgan fingerprint density at radius 1 is 1.61 bits per heavy atom. The van der Waals surface area contributed by atoms with Gasteiger partial charge in [-0.25, -0.2) is 9.78 Å². The zero-order valence-corrected chi connectivity index (χ0v) is 11.2. The molecule has 0 radical (unpaired) electrons. The van der Waals surface area contributed by atoms with E-state index in [1.165, 1.54) is 0 Å². The molecule has 0 spiro atoms. The number of aromatic nitrogens is 1. The van der Waals surface area contributed by atoms with E-state index in [4.69, 9.17) is 9.84 Å². The number of rotatable bonds is 6. The van der Waals surface area contributed by atoms with Gasteiger partial charge < -0.3 is 9.84 Å². The fraction of sp³-hybridized carbons (Fsp3) is 0.231. The maximum Gasteiger partial charge on any atom is 0.348 e. The van der Waals surface area contributed by atoms with Crippen LogP contribution in [-0.4, -0.2) is 22.7 Å². The lowest BCUT2D eigenvalue weighted by Gasteiger charge is -1.98. The molecule has 4 nitrogen and oxygen atoms in total. The van der Waals surface area contributed by atoms with Crippen LogP contribution in [0, 0.1) is 0 Å². The van der Waals surface area contributed by atoms with Crippen molar-refractivity contribution in [3.05, 3.63) is 41.5 Å². The minimum absolute atomic E-state index is 0.181. The fourth-order valence-electron chi connectivity index (χ4n) is 1.31. The molecule has 0 aliphatic rings. The topological polar surface area (TPSA) is 59.4 Å². The minimum atomic E-state index is -1.00. The van der Waals surface area contributed by atoms with Gasteiger partial charge in [-0.2, -0.15) is 0 Å². The van der Waals surface area contributed by atoms with Gasteiger partial charge in [0.05, 0.1) is 12.3 Å². The van der Waals surface area contributed by atoms with Gasteiger partial charge in [-0.05, 0) is 19.4 Å². The number of allylic oxidation sites excluding steroid dienone is 5. The number of ether oxygens (including phenoxy) is 1. The van der Waals surface area contributed by atoms with Gasteiger partial charge in [0.15, 0.2) is 0 Å². The summed E-state index contributed by atoms with van der Waals surface area (Å²) in [5.41, 5.74) is 1.16. The van der Waals surface area contributed by atoms with Crippen LogP contribution in [0.25, 0.3) is 5.57 Å².